The van der Waals surface area contributed by atoms with Gasteiger partial charge in [0, 0.05) is 0 Å². The van der Waals surface area contributed by atoms with Crippen molar-refractivity contribution in [3.63, 3.8) is 0 Å². The van der Waals surface area contributed by atoms with Gasteiger partial charge in [-0.2, -0.15) is 0 Å². The van der Waals surface area contributed by atoms with Crippen molar-refractivity contribution in [3.8, 4) is 0 Å². The molecular formula is C9H12. The smallest absolute Gasteiger partial charge is 0.00194 e. The molecule has 0 aliphatic heterocycles. The minimum Gasteiger partial charge on any atom is -0.0911 e. The lowest BCUT2D eigenvalue weighted by Crippen LogP contribution is -1.89. The Hall–Kier alpha value is -0.520. The van der Waals surface area contributed by atoms with Crippen molar-refractivity contribution in [2.45, 2.75) is 13.3 Å². The highest BCUT2D eigenvalue weighted by Crippen LogP contribution is 2.51. The van der Waals surface area contributed by atoms with Gasteiger partial charge in [0.2, 0.25) is 0 Å². The average molecular weight is 120 g/mol. The zero-order chi connectivity index (χ0) is 6.27. The molecule has 0 aromatic rings. The van der Waals surface area contributed by atoms with Gasteiger partial charge in [-0.1, -0.05) is 24.3 Å². The van der Waals surface area contributed by atoms with Crippen LogP contribution in [0.4, 0.5) is 0 Å². The van der Waals surface area contributed by atoms with Crippen LogP contribution in [0, 0.1) is 17.8 Å². The third-order valence-electron chi connectivity index (χ3n) is 2.38. The second-order valence-electron chi connectivity index (χ2n) is 3.05. The summed E-state index contributed by atoms with van der Waals surface area (Å²) in [5, 5.41) is 0. The van der Waals surface area contributed by atoms with Crippen LogP contribution in [0.1, 0.15) is 13.3 Å². The van der Waals surface area contributed by atoms with Crippen molar-refractivity contribution in [2.24, 2.45) is 17.8 Å². The van der Waals surface area contributed by atoms with Crippen LogP contribution in [0.3, 0.4) is 0 Å². The maximum atomic E-state index is 2.37. The molecule has 0 N–H and O–H groups in total. The molecule has 0 heteroatoms. The Morgan fingerprint density at radius 1 is 1.44 bits per heavy atom. The average Bonchev–Trinajstić information content (AvgIpc) is 2.54. The van der Waals surface area contributed by atoms with E-state index in [1.165, 1.54) is 6.42 Å². The first-order chi connectivity index (χ1) is 4.42. The fraction of sp³-hybridized carbons (Fsp3) is 0.556. The van der Waals surface area contributed by atoms with E-state index in [-0.39, 0.29) is 0 Å². The fourth-order valence-corrected chi connectivity index (χ4v) is 1.74. The lowest BCUT2D eigenvalue weighted by Gasteiger charge is -1.98. The van der Waals surface area contributed by atoms with E-state index in [1.807, 2.05) is 0 Å². The minimum atomic E-state index is 0.792. The molecule has 0 bridgehead atoms. The van der Waals surface area contributed by atoms with Crippen LogP contribution < -0.4 is 0 Å². The Balaban J connectivity index is 2.06. The van der Waals surface area contributed by atoms with Crippen LogP contribution in [0.25, 0.3) is 0 Å². The largest absolute Gasteiger partial charge is 0.0911 e. The Morgan fingerprint density at radius 2 is 2.33 bits per heavy atom. The molecule has 2 aliphatic rings. The normalized spacial score (nSPS) is 46.1. The van der Waals surface area contributed by atoms with Crippen molar-refractivity contribution >= 4 is 0 Å². The molecule has 48 valence electrons. The lowest BCUT2D eigenvalue weighted by molar-refractivity contribution is 0.698. The second-order valence-corrected chi connectivity index (χ2v) is 3.05. The van der Waals surface area contributed by atoms with Crippen LogP contribution in [0.15, 0.2) is 24.3 Å². The molecule has 0 aromatic carbocycles. The van der Waals surface area contributed by atoms with E-state index in [0.717, 1.165) is 17.8 Å². The van der Waals surface area contributed by atoms with Crippen LogP contribution in [-0.4, -0.2) is 0 Å². The molecule has 0 saturated heterocycles. The summed E-state index contributed by atoms with van der Waals surface area (Å²) in [4.78, 5) is 0. The van der Waals surface area contributed by atoms with Crippen LogP contribution in [-0.2, 0) is 0 Å². The molecule has 0 spiro atoms. The van der Waals surface area contributed by atoms with Gasteiger partial charge in [-0.05, 0) is 31.1 Å². The summed E-state index contributed by atoms with van der Waals surface area (Å²) in [6.07, 6.45) is 10.6. The number of allylic oxidation sites excluding steroid dienone is 4. The summed E-state index contributed by atoms with van der Waals surface area (Å²) in [5.41, 5.74) is 0. The van der Waals surface area contributed by atoms with Gasteiger partial charge in [-0.25, -0.2) is 0 Å². The van der Waals surface area contributed by atoms with E-state index in [4.69, 9.17) is 0 Å². The molecule has 0 heterocycles. The second kappa shape index (κ2) is 1.73. The Labute approximate surface area is 56.3 Å². The molecule has 0 aromatic heterocycles. The summed E-state index contributed by atoms with van der Waals surface area (Å²) in [7, 11) is 0. The molecule has 3 unspecified atom stereocenters. The topological polar surface area (TPSA) is 0 Å². The van der Waals surface area contributed by atoms with Crippen LogP contribution in [0.5, 0.6) is 0 Å². The standard InChI is InChI=1S/C9H12/c1-2-3-7-4-5-8-6-9(7)8/h2-5,7-9H,6H2,1H3/b3-2+. The number of rotatable bonds is 1. The molecule has 0 amide bonds. The first-order valence-corrected chi connectivity index (χ1v) is 3.73. The van der Waals surface area contributed by atoms with E-state index >= 15 is 0 Å². The maximum Gasteiger partial charge on any atom is -0.00194 e. The van der Waals surface area contributed by atoms with Gasteiger partial charge < -0.3 is 0 Å². The van der Waals surface area contributed by atoms with Gasteiger partial charge in [-0.3, -0.25) is 0 Å². The minimum absolute atomic E-state index is 0.792. The highest BCUT2D eigenvalue weighted by atomic mass is 14.5. The number of hydrogen-bond acceptors (Lipinski definition) is 0. The zero-order valence-electron chi connectivity index (χ0n) is 5.75. The van der Waals surface area contributed by atoms with Crippen LogP contribution in [0.2, 0.25) is 0 Å². The van der Waals surface area contributed by atoms with Crippen molar-refractivity contribution in [2.75, 3.05) is 0 Å². The van der Waals surface area contributed by atoms with Gasteiger partial charge in [0.25, 0.3) is 0 Å². The molecule has 9 heavy (non-hydrogen) atoms. The predicted molar refractivity (Wildman–Crippen MR) is 39.0 cm³/mol. The van der Waals surface area contributed by atoms with Crippen molar-refractivity contribution in [3.05, 3.63) is 24.3 Å². The number of hydrogen-bond donors (Lipinski definition) is 0. The SMILES string of the molecule is C/C=C/C1C=CC2CC12. The van der Waals surface area contributed by atoms with Gasteiger partial charge in [0.15, 0.2) is 0 Å². The molecule has 0 nitrogen and oxygen atoms in total. The first-order valence-electron chi connectivity index (χ1n) is 3.73. The van der Waals surface area contributed by atoms with Gasteiger partial charge in [-0.15, -0.1) is 0 Å². The predicted octanol–water partition coefficient (Wildman–Crippen LogP) is 2.38. The molecule has 3 atom stereocenters. The molecule has 2 aliphatic carbocycles. The van der Waals surface area contributed by atoms with E-state index in [9.17, 15) is 0 Å². The van der Waals surface area contributed by atoms with Crippen molar-refractivity contribution < 1.29 is 0 Å². The van der Waals surface area contributed by atoms with Crippen LogP contribution >= 0.6 is 0 Å². The van der Waals surface area contributed by atoms with E-state index in [0.29, 0.717) is 0 Å². The summed E-state index contributed by atoms with van der Waals surface area (Å²) in [6.45, 7) is 2.10. The van der Waals surface area contributed by atoms with Crippen molar-refractivity contribution in [1.82, 2.24) is 0 Å². The number of fused-ring (bicyclic) bond motifs is 1. The Morgan fingerprint density at radius 3 is 2.78 bits per heavy atom. The zero-order valence-corrected chi connectivity index (χ0v) is 5.75. The molecule has 2 rings (SSSR count). The molecular weight excluding hydrogens is 108 g/mol. The third-order valence-corrected chi connectivity index (χ3v) is 2.38. The molecule has 1 saturated carbocycles. The summed E-state index contributed by atoms with van der Waals surface area (Å²) in [6, 6.07) is 0. The summed E-state index contributed by atoms with van der Waals surface area (Å²) in [5.74, 6) is 2.76. The quantitative estimate of drug-likeness (QED) is 0.466. The highest BCUT2D eigenvalue weighted by molar-refractivity contribution is 5.20. The first kappa shape index (κ1) is 5.28. The van der Waals surface area contributed by atoms with E-state index in [1.54, 1.807) is 0 Å². The lowest BCUT2D eigenvalue weighted by atomic mass is 10.1. The van der Waals surface area contributed by atoms with E-state index < -0.39 is 0 Å². The van der Waals surface area contributed by atoms with Gasteiger partial charge >= 0.3 is 0 Å². The monoisotopic (exact) mass is 120 g/mol. The summed E-state index contributed by atoms with van der Waals surface area (Å²) >= 11 is 0. The Bertz CT molecular complexity index is 165. The Kier molecular flexibility index (Phi) is 1.01. The molecule has 0 radical (unpaired) electrons. The maximum absolute atomic E-state index is 2.37. The van der Waals surface area contributed by atoms with E-state index in [2.05, 4.69) is 31.2 Å². The third kappa shape index (κ3) is 0.735. The molecule has 1 fully saturated rings. The highest BCUT2D eigenvalue weighted by Gasteiger charge is 2.42. The van der Waals surface area contributed by atoms with Crippen molar-refractivity contribution in [1.29, 1.82) is 0 Å². The van der Waals surface area contributed by atoms with Gasteiger partial charge in [0.1, 0.15) is 0 Å². The van der Waals surface area contributed by atoms with Gasteiger partial charge in [0.05, 0.1) is 0 Å². The fourth-order valence-electron chi connectivity index (χ4n) is 1.74. The summed E-state index contributed by atoms with van der Waals surface area (Å²) < 4.78 is 0.